The predicted molar refractivity (Wildman–Crippen MR) is 76.3 cm³/mol. The first-order valence-corrected chi connectivity index (χ1v) is 7.40. The molecule has 0 saturated carbocycles. The summed E-state index contributed by atoms with van der Waals surface area (Å²) in [4.78, 5) is 2.25. The number of nitrogens with zero attached hydrogens (tertiary/aromatic N) is 1. The Kier molecular flexibility index (Phi) is 5.66. The van der Waals surface area contributed by atoms with E-state index >= 15 is 0 Å². The number of aliphatic hydroxyl groups excluding tert-OH is 1. The molecule has 0 heterocycles. The van der Waals surface area contributed by atoms with E-state index in [0.717, 1.165) is 15.8 Å². The zero-order valence-corrected chi connectivity index (χ0v) is 12.3. The first-order valence-electron chi connectivity index (χ1n) is 5.21. The number of anilines is 1. The van der Waals surface area contributed by atoms with Gasteiger partial charge < -0.3 is 10.0 Å². The molecule has 1 N–H and O–H groups in total. The number of thioether (sulfide) groups is 1. The Hall–Kier alpha value is -0.190. The minimum absolute atomic E-state index is 0.0743. The number of aliphatic hydroxyl groups is 1. The maximum atomic E-state index is 9.09. The van der Waals surface area contributed by atoms with Gasteiger partial charge in [0, 0.05) is 29.0 Å². The second kappa shape index (κ2) is 6.52. The molecule has 90 valence electrons. The molecule has 0 fully saturated rings. The highest BCUT2D eigenvalue weighted by Gasteiger charge is 2.10. The van der Waals surface area contributed by atoms with Crippen LogP contribution in [0, 0.1) is 0 Å². The van der Waals surface area contributed by atoms with Gasteiger partial charge in [-0.05, 0) is 30.9 Å². The van der Waals surface area contributed by atoms with E-state index in [-0.39, 0.29) is 6.61 Å². The average molecular weight is 304 g/mol. The molecule has 0 aliphatic rings. The van der Waals surface area contributed by atoms with Gasteiger partial charge in [-0.1, -0.05) is 22.0 Å². The van der Waals surface area contributed by atoms with Crippen LogP contribution in [0.3, 0.4) is 0 Å². The first kappa shape index (κ1) is 13.9. The highest BCUT2D eigenvalue weighted by molar-refractivity contribution is 9.10. The van der Waals surface area contributed by atoms with Crippen LogP contribution in [0.1, 0.15) is 12.5 Å². The normalized spacial score (nSPS) is 12.6. The molecule has 0 aliphatic carbocycles. The summed E-state index contributed by atoms with van der Waals surface area (Å²) in [5, 5.41) is 9.09. The summed E-state index contributed by atoms with van der Waals surface area (Å²) in [5.41, 5.74) is 2.10. The van der Waals surface area contributed by atoms with Crippen molar-refractivity contribution >= 4 is 33.4 Å². The molecular weight excluding hydrogens is 286 g/mol. The largest absolute Gasteiger partial charge is 0.392 e. The fourth-order valence-corrected chi connectivity index (χ4v) is 2.69. The molecule has 0 spiro atoms. The standard InChI is InChI=1S/C12H18BrNOS/c1-9(8-16-3)14(2)11-5-4-10(7-15)12(13)6-11/h4-6,9,15H,7-8H2,1-3H3. The third-order valence-corrected chi connectivity index (χ3v) is 4.24. The van der Waals surface area contributed by atoms with Gasteiger partial charge in [-0.3, -0.25) is 0 Å². The molecule has 0 amide bonds. The van der Waals surface area contributed by atoms with Gasteiger partial charge in [0.15, 0.2) is 0 Å². The molecule has 1 aromatic rings. The van der Waals surface area contributed by atoms with Gasteiger partial charge in [0.25, 0.3) is 0 Å². The van der Waals surface area contributed by atoms with Crippen LogP contribution in [-0.4, -0.2) is 30.2 Å². The molecule has 4 heteroatoms. The average Bonchev–Trinajstić information content (AvgIpc) is 2.28. The van der Waals surface area contributed by atoms with E-state index in [0.29, 0.717) is 6.04 Å². The van der Waals surface area contributed by atoms with E-state index < -0.39 is 0 Å². The molecule has 0 saturated heterocycles. The Balaban J connectivity index is 2.84. The van der Waals surface area contributed by atoms with Crippen molar-refractivity contribution in [2.75, 3.05) is 24.0 Å². The third kappa shape index (κ3) is 3.40. The lowest BCUT2D eigenvalue weighted by atomic mass is 10.2. The van der Waals surface area contributed by atoms with E-state index in [1.165, 1.54) is 5.69 Å². The van der Waals surface area contributed by atoms with Gasteiger partial charge in [0.2, 0.25) is 0 Å². The van der Waals surface area contributed by atoms with Crippen LogP contribution in [0.15, 0.2) is 22.7 Å². The number of hydrogen-bond acceptors (Lipinski definition) is 3. The van der Waals surface area contributed by atoms with Gasteiger partial charge in [-0.25, -0.2) is 0 Å². The Morgan fingerprint density at radius 2 is 2.19 bits per heavy atom. The zero-order valence-electron chi connectivity index (χ0n) is 9.90. The lowest BCUT2D eigenvalue weighted by Crippen LogP contribution is -2.30. The predicted octanol–water partition coefficient (Wildman–Crippen LogP) is 3.13. The highest BCUT2D eigenvalue weighted by atomic mass is 79.9. The molecule has 0 aliphatic heterocycles. The summed E-state index contributed by atoms with van der Waals surface area (Å²) < 4.78 is 0.968. The maximum Gasteiger partial charge on any atom is 0.0692 e. The van der Waals surface area contributed by atoms with E-state index in [2.05, 4.69) is 47.1 Å². The van der Waals surface area contributed by atoms with Gasteiger partial charge in [-0.15, -0.1) is 0 Å². The van der Waals surface area contributed by atoms with Crippen molar-refractivity contribution in [3.63, 3.8) is 0 Å². The van der Waals surface area contributed by atoms with Crippen LogP contribution in [-0.2, 0) is 6.61 Å². The Labute approximate surface area is 110 Å². The zero-order chi connectivity index (χ0) is 12.1. The Morgan fingerprint density at radius 3 is 2.69 bits per heavy atom. The van der Waals surface area contributed by atoms with Crippen molar-refractivity contribution < 1.29 is 5.11 Å². The van der Waals surface area contributed by atoms with E-state index in [4.69, 9.17) is 5.11 Å². The van der Waals surface area contributed by atoms with Crippen LogP contribution in [0.5, 0.6) is 0 Å². The second-order valence-electron chi connectivity index (χ2n) is 3.85. The minimum Gasteiger partial charge on any atom is -0.392 e. The topological polar surface area (TPSA) is 23.5 Å². The Bertz CT molecular complexity index is 346. The fourth-order valence-electron chi connectivity index (χ4n) is 1.49. The summed E-state index contributed by atoms with van der Waals surface area (Å²) in [6.45, 7) is 2.29. The van der Waals surface area contributed by atoms with Crippen LogP contribution < -0.4 is 4.90 Å². The summed E-state index contributed by atoms with van der Waals surface area (Å²) in [5.74, 6) is 1.11. The lowest BCUT2D eigenvalue weighted by molar-refractivity contribution is 0.281. The van der Waals surface area contributed by atoms with Crippen LogP contribution in [0.4, 0.5) is 5.69 Å². The molecule has 1 atom stereocenters. The van der Waals surface area contributed by atoms with Crippen LogP contribution in [0.2, 0.25) is 0 Å². The number of hydrogen-bond donors (Lipinski definition) is 1. The van der Waals surface area contributed by atoms with Crippen molar-refractivity contribution in [2.24, 2.45) is 0 Å². The van der Waals surface area contributed by atoms with E-state index in [1.807, 2.05) is 23.9 Å². The first-order chi connectivity index (χ1) is 7.60. The summed E-state index contributed by atoms with van der Waals surface area (Å²) in [6, 6.07) is 6.57. The van der Waals surface area contributed by atoms with Gasteiger partial charge >= 0.3 is 0 Å². The number of benzene rings is 1. The van der Waals surface area contributed by atoms with Crippen LogP contribution >= 0.6 is 27.7 Å². The summed E-state index contributed by atoms with van der Waals surface area (Å²) in [7, 11) is 2.10. The van der Waals surface area contributed by atoms with Gasteiger partial charge in [0.1, 0.15) is 0 Å². The molecule has 1 aromatic carbocycles. The number of rotatable bonds is 5. The van der Waals surface area contributed by atoms with E-state index in [1.54, 1.807) is 0 Å². The minimum atomic E-state index is 0.0743. The number of halogens is 1. The molecule has 1 rings (SSSR count). The molecule has 1 unspecified atom stereocenters. The van der Waals surface area contributed by atoms with Crippen molar-refractivity contribution in [2.45, 2.75) is 19.6 Å². The molecule has 0 aromatic heterocycles. The van der Waals surface area contributed by atoms with Crippen molar-refractivity contribution in [1.82, 2.24) is 0 Å². The smallest absolute Gasteiger partial charge is 0.0692 e. The molecule has 0 bridgehead atoms. The monoisotopic (exact) mass is 303 g/mol. The maximum absolute atomic E-state index is 9.09. The summed E-state index contributed by atoms with van der Waals surface area (Å²) >= 11 is 5.32. The molecule has 0 radical (unpaired) electrons. The second-order valence-corrected chi connectivity index (χ2v) is 5.61. The Morgan fingerprint density at radius 1 is 1.50 bits per heavy atom. The van der Waals surface area contributed by atoms with Crippen molar-refractivity contribution in [3.05, 3.63) is 28.2 Å². The molecule has 16 heavy (non-hydrogen) atoms. The lowest BCUT2D eigenvalue weighted by Gasteiger charge is -2.27. The van der Waals surface area contributed by atoms with E-state index in [9.17, 15) is 0 Å². The third-order valence-electron chi connectivity index (χ3n) is 2.68. The fraction of sp³-hybridized carbons (Fsp3) is 0.500. The SMILES string of the molecule is CSCC(C)N(C)c1ccc(CO)c(Br)c1. The van der Waals surface area contributed by atoms with Crippen molar-refractivity contribution in [1.29, 1.82) is 0 Å². The molecule has 2 nitrogen and oxygen atoms in total. The molecular formula is C12H18BrNOS. The van der Waals surface area contributed by atoms with Gasteiger partial charge in [0.05, 0.1) is 6.61 Å². The summed E-state index contributed by atoms with van der Waals surface area (Å²) in [6.07, 6.45) is 2.12. The van der Waals surface area contributed by atoms with Crippen LogP contribution in [0.25, 0.3) is 0 Å². The quantitative estimate of drug-likeness (QED) is 0.904. The van der Waals surface area contributed by atoms with Gasteiger partial charge in [-0.2, -0.15) is 11.8 Å². The highest BCUT2D eigenvalue weighted by Crippen LogP contribution is 2.25. The van der Waals surface area contributed by atoms with Crippen molar-refractivity contribution in [3.8, 4) is 0 Å².